The van der Waals surface area contributed by atoms with Gasteiger partial charge in [0.05, 0.1) is 12.8 Å². The van der Waals surface area contributed by atoms with Crippen LogP contribution in [-0.4, -0.2) is 20.1 Å². The number of aryl methyl sites for hydroxylation is 2. The molecule has 3 aromatic rings. The van der Waals surface area contributed by atoms with Gasteiger partial charge in [0.15, 0.2) is 11.6 Å². The molecule has 1 N–H and O–H groups in total. The summed E-state index contributed by atoms with van der Waals surface area (Å²) in [5.41, 5.74) is 2.38. The van der Waals surface area contributed by atoms with Crippen molar-refractivity contribution in [1.82, 2.24) is 20.1 Å². The predicted molar refractivity (Wildman–Crippen MR) is 82.7 cm³/mol. The maximum absolute atomic E-state index is 5.25. The van der Waals surface area contributed by atoms with Crippen molar-refractivity contribution in [2.45, 2.75) is 39.2 Å². The molecule has 0 saturated carbocycles. The minimum atomic E-state index is 0.382. The predicted octanol–water partition coefficient (Wildman–Crippen LogP) is 2.92. The number of rotatable bonds is 4. The van der Waals surface area contributed by atoms with E-state index in [1.165, 1.54) is 18.4 Å². The van der Waals surface area contributed by atoms with Crippen molar-refractivity contribution in [2.75, 3.05) is 5.32 Å². The van der Waals surface area contributed by atoms with Crippen LogP contribution in [0.3, 0.4) is 0 Å². The average molecular weight is 311 g/mol. The van der Waals surface area contributed by atoms with Crippen LogP contribution >= 0.6 is 0 Å². The molecule has 0 unspecified atom stereocenters. The second kappa shape index (κ2) is 5.83. The SMILES string of the molecule is Cc1nc2c(c(NCc3noc(-c4ccco4)n3)n1)CCCC2. The van der Waals surface area contributed by atoms with Crippen LogP contribution in [0, 0.1) is 6.92 Å². The van der Waals surface area contributed by atoms with Gasteiger partial charge in [-0.3, -0.25) is 0 Å². The first-order chi connectivity index (χ1) is 11.3. The van der Waals surface area contributed by atoms with Crippen LogP contribution in [0.5, 0.6) is 0 Å². The molecule has 118 valence electrons. The molecule has 0 radical (unpaired) electrons. The molecule has 7 nitrogen and oxygen atoms in total. The van der Waals surface area contributed by atoms with E-state index in [1.807, 2.05) is 6.92 Å². The normalized spacial score (nSPS) is 13.8. The fourth-order valence-corrected chi connectivity index (χ4v) is 2.85. The van der Waals surface area contributed by atoms with Crippen molar-refractivity contribution in [3.8, 4) is 11.7 Å². The number of anilines is 1. The molecule has 0 amide bonds. The average Bonchev–Trinajstić information content (AvgIpc) is 3.23. The smallest absolute Gasteiger partial charge is 0.293 e. The molecule has 3 heterocycles. The van der Waals surface area contributed by atoms with E-state index in [9.17, 15) is 0 Å². The Hall–Kier alpha value is -2.70. The number of nitrogens with zero attached hydrogens (tertiary/aromatic N) is 4. The van der Waals surface area contributed by atoms with Gasteiger partial charge in [-0.15, -0.1) is 0 Å². The summed E-state index contributed by atoms with van der Waals surface area (Å²) in [6.45, 7) is 2.37. The van der Waals surface area contributed by atoms with Crippen LogP contribution in [0.15, 0.2) is 27.3 Å². The summed E-state index contributed by atoms with van der Waals surface area (Å²) in [5, 5.41) is 7.29. The third-order valence-electron chi connectivity index (χ3n) is 3.91. The Labute approximate surface area is 133 Å². The van der Waals surface area contributed by atoms with Gasteiger partial charge in [-0.25, -0.2) is 9.97 Å². The summed E-state index contributed by atoms with van der Waals surface area (Å²) in [6.07, 6.45) is 5.99. The van der Waals surface area contributed by atoms with Crippen LogP contribution < -0.4 is 5.32 Å². The third kappa shape index (κ3) is 2.81. The van der Waals surface area contributed by atoms with E-state index in [-0.39, 0.29) is 0 Å². The summed E-state index contributed by atoms with van der Waals surface area (Å²) in [7, 11) is 0. The van der Waals surface area contributed by atoms with E-state index in [1.54, 1.807) is 18.4 Å². The molecule has 1 aliphatic carbocycles. The highest BCUT2D eigenvalue weighted by Crippen LogP contribution is 2.25. The molecular weight excluding hydrogens is 294 g/mol. The van der Waals surface area contributed by atoms with Crippen LogP contribution in [0.2, 0.25) is 0 Å². The zero-order chi connectivity index (χ0) is 15.6. The Morgan fingerprint density at radius 1 is 1.17 bits per heavy atom. The van der Waals surface area contributed by atoms with E-state index in [4.69, 9.17) is 8.94 Å². The number of furan rings is 1. The minimum absolute atomic E-state index is 0.382. The van der Waals surface area contributed by atoms with Crippen molar-refractivity contribution < 1.29 is 8.94 Å². The van der Waals surface area contributed by atoms with Crippen LogP contribution in [0.1, 0.15) is 35.7 Å². The topological polar surface area (TPSA) is 89.9 Å². The van der Waals surface area contributed by atoms with E-state index >= 15 is 0 Å². The van der Waals surface area contributed by atoms with Gasteiger partial charge in [0.2, 0.25) is 0 Å². The lowest BCUT2D eigenvalue weighted by Crippen LogP contribution is -2.14. The summed E-state index contributed by atoms with van der Waals surface area (Å²) in [6, 6.07) is 3.57. The Bertz CT molecular complexity index is 810. The van der Waals surface area contributed by atoms with Crippen LogP contribution in [-0.2, 0) is 19.4 Å². The van der Waals surface area contributed by atoms with Gasteiger partial charge in [-0.1, -0.05) is 5.16 Å². The summed E-state index contributed by atoms with van der Waals surface area (Å²) >= 11 is 0. The molecule has 0 saturated heterocycles. The Kier molecular flexibility index (Phi) is 3.53. The first-order valence-electron chi connectivity index (χ1n) is 7.76. The molecule has 0 aromatic carbocycles. The standard InChI is InChI=1S/C16H17N5O2/c1-10-18-12-6-3-2-5-11(12)15(19-10)17-9-14-20-16(23-21-14)13-7-4-8-22-13/h4,7-8H,2-3,5-6,9H2,1H3,(H,17,18,19). The number of hydrogen-bond donors (Lipinski definition) is 1. The molecule has 0 atom stereocenters. The summed E-state index contributed by atoms with van der Waals surface area (Å²) in [4.78, 5) is 13.4. The van der Waals surface area contributed by atoms with Crippen molar-refractivity contribution in [3.63, 3.8) is 0 Å². The number of fused-ring (bicyclic) bond motifs is 1. The molecule has 1 aliphatic rings. The van der Waals surface area contributed by atoms with E-state index in [2.05, 4.69) is 25.4 Å². The quantitative estimate of drug-likeness (QED) is 0.792. The number of aromatic nitrogens is 4. The highest BCUT2D eigenvalue weighted by Gasteiger charge is 2.17. The molecule has 0 spiro atoms. The number of nitrogens with one attached hydrogen (secondary N) is 1. The lowest BCUT2D eigenvalue weighted by atomic mass is 9.96. The molecule has 7 heteroatoms. The van der Waals surface area contributed by atoms with Crippen molar-refractivity contribution in [1.29, 1.82) is 0 Å². The zero-order valence-electron chi connectivity index (χ0n) is 12.9. The van der Waals surface area contributed by atoms with Crippen molar-refractivity contribution in [3.05, 3.63) is 41.3 Å². The molecule has 23 heavy (non-hydrogen) atoms. The fourth-order valence-electron chi connectivity index (χ4n) is 2.85. The molecule has 0 fully saturated rings. The van der Waals surface area contributed by atoms with Crippen LogP contribution in [0.4, 0.5) is 5.82 Å². The molecule has 0 aliphatic heterocycles. The minimum Gasteiger partial charge on any atom is -0.459 e. The van der Waals surface area contributed by atoms with Gasteiger partial charge in [0.25, 0.3) is 5.89 Å². The molecule has 3 aromatic heterocycles. The second-order valence-electron chi connectivity index (χ2n) is 5.60. The molecule has 0 bridgehead atoms. The van der Waals surface area contributed by atoms with Crippen LogP contribution in [0.25, 0.3) is 11.7 Å². The maximum atomic E-state index is 5.25. The van der Waals surface area contributed by atoms with Crippen molar-refractivity contribution in [2.24, 2.45) is 0 Å². The maximum Gasteiger partial charge on any atom is 0.293 e. The van der Waals surface area contributed by atoms with Gasteiger partial charge >= 0.3 is 0 Å². The third-order valence-corrected chi connectivity index (χ3v) is 3.91. The monoisotopic (exact) mass is 311 g/mol. The van der Waals surface area contributed by atoms with E-state index < -0.39 is 0 Å². The van der Waals surface area contributed by atoms with Crippen molar-refractivity contribution >= 4 is 5.82 Å². The lowest BCUT2D eigenvalue weighted by molar-refractivity contribution is 0.410. The van der Waals surface area contributed by atoms with Gasteiger partial charge in [-0.05, 0) is 44.7 Å². The van der Waals surface area contributed by atoms with Gasteiger partial charge < -0.3 is 14.3 Å². The summed E-state index contributed by atoms with van der Waals surface area (Å²) < 4.78 is 10.5. The first-order valence-corrected chi connectivity index (χ1v) is 7.76. The molecule has 4 rings (SSSR count). The second-order valence-corrected chi connectivity index (χ2v) is 5.60. The number of hydrogen-bond acceptors (Lipinski definition) is 7. The Morgan fingerprint density at radius 3 is 2.96 bits per heavy atom. The summed E-state index contributed by atoms with van der Waals surface area (Å²) in [5.74, 6) is 3.19. The Balaban J connectivity index is 1.52. The lowest BCUT2D eigenvalue weighted by Gasteiger charge is -2.18. The van der Waals surface area contributed by atoms with E-state index in [0.717, 1.165) is 30.2 Å². The first kappa shape index (κ1) is 13.9. The highest BCUT2D eigenvalue weighted by molar-refractivity contribution is 5.48. The van der Waals surface area contributed by atoms with Gasteiger partial charge in [0.1, 0.15) is 11.6 Å². The zero-order valence-corrected chi connectivity index (χ0v) is 12.9. The van der Waals surface area contributed by atoms with Gasteiger partial charge in [-0.2, -0.15) is 4.98 Å². The Morgan fingerprint density at radius 2 is 2.09 bits per heavy atom. The fraction of sp³-hybridized carbons (Fsp3) is 0.375. The van der Waals surface area contributed by atoms with Gasteiger partial charge in [0, 0.05) is 11.3 Å². The highest BCUT2D eigenvalue weighted by atomic mass is 16.5. The van der Waals surface area contributed by atoms with E-state index in [0.29, 0.717) is 24.0 Å². The largest absolute Gasteiger partial charge is 0.459 e. The molecular formula is C16H17N5O2.